The molecule has 3 rings (SSSR count). The van der Waals surface area contributed by atoms with Crippen LogP contribution in [0.4, 0.5) is 18.0 Å². The highest BCUT2D eigenvalue weighted by Crippen LogP contribution is 2.39. The maximum Gasteiger partial charge on any atom is 0.573 e. The van der Waals surface area contributed by atoms with Gasteiger partial charge in [0.1, 0.15) is 5.75 Å². The quantitative estimate of drug-likeness (QED) is 0.760. The van der Waals surface area contributed by atoms with Gasteiger partial charge in [-0.3, -0.25) is 4.79 Å². The molecule has 1 saturated carbocycles. The molecule has 1 aliphatic carbocycles. The monoisotopic (exact) mass is 414 g/mol. The SMILES string of the molecule is O=C(O)N[C@@H]1CCN(C(=O)C(c2cccc(OC(F)(F)F)c2)C2CCCCC2)C1. The molecule has 1 heterocycles. The number of rotatable bonds is 5. The van der Waals surface area contributed by atoms with Crippen LogP contribution in [-0.4, -0.2) is 47.5 Å². The summed E-state index contributed by atoms with van der Waals surface area (Å²) in [6, 6.07) is 5.33. The Morgan fingerprint density at radius 1 is 1.17 bits per heavy atom. The van der Waals surface area contributed by atoms with Crippen LogP contribution in [0.25, 0.3) is 0 Å². The fraction of sp³-hybridized carbons (Fsp3) is 0.600. The second-order valence-corrected chi connectivity index (χ2v) is 7.72. The summed E-state index contributed by atoms with van der Waals surface area (Å²) in [5.41, 5.74) is 0.512. The Morgan fingerprint density at radius 2 is 1.90 bits per heavy atom. The Morgan fingerprint density at radius 3 is 2.55 bits per heavy atom. The van der Waals surface area contributed by atoms with Crippen molar-refractivity contribution in [2.24, 2.45) is 5.92 Å². The molecule has 9 heteroatoms. The highest BCUT2D eigenvalue weighted by atomic mass is 19.4. The lowest BCUT2D eigenvalue weighted by molar-refractivity contribution is -0.274. The summed E-state index contributed by atoms with van der Waals surface area (Å²) in [7, 11) is 0. The van der Waals surface area contributed by atoms with Crippen molar-refractivity contribution in [2.75, 3.05) is 13.1 Å². The number of likely N-dealkylation sites (tertiary alicyclic amines) is 1. The van der Waals surface area contributed by atoms with E-state index in [-0.39, 0.29) is 30.2 Å². The number of amides is 2. The fourth-order valence-electron chi connectivity index (χ4n) is 4.44. The Labute approximate surface area is 167 Å². The van der Waals surface area contributed by atoms with Crippen molar-refractivity contribution in [1.29, 1.82) is 0 Å². The molecule has 2 amide bonds. The number of carbonyl (C=O) groups excluding carboxylic acids is 1. The largest absolute Gasteiger partial charge is 0.573 e. The number of hydrogen-bond donors (Lipinski definition) is 2. The van der Waals surface area contributed by atoms with Gasteiger partial charge in [-0.05, 0) is 42.9 Å². The number of alkyl halides is 3. The van der Waals surface area contributed by atoms with E-state index >= 15 is 0 Å². The molecule has 29 heavy (non-hydrogen) atoms. The predicted octanol–water partition coefficient (Wildman–Crippen LogP) is 4.12. The number of carboxylic acid groups (broad SMARTS) is 1. The van der Waals surface area contributed by atoms with Crippen molar-refractivity contribution in [3.05, 3.63) is 29.8 Å². The molecule has 1 unspecified atom stereocenters. The van der Waals surface area contributed by atoms with Gasteiger partial charge in [0.2, 0.25) is 5.91 Å². The molecule has 2 aliphatic rings. The van der Waals surface area contributed by atoms with Gasteiger partial charge in [-0.1, -0.05) is 31.4 Å². The summed E-state index contributed by atoms with van der Waals surface area (Å²) in [6.07, 6.45) is -0.683. The molecule has 2 atom stereocenters. The molecule has 0 spiro atoms. The minimum atomic E-state index is -4.80. The molecule has 0 bridgehead atoms. The Hall–Kier alpha value is -2.45. The van der Waals surface area contributed by atoms with E-state index in [0.29, 0.717) is 18.5 Å². The van der Waals surface area contributed by atoms with Crippen molar-refractivity contribution in [1.82, 2.24) is 10.2 Å². The van der Waals surface area contributed by atoms with E-state index in [1.807, 2.05) is 0 Å². The van der Waals surface area contributed by atoms with Crippen molar-refractivity contribution in [3.8, 4) is 5.75 Å². The first-order valence-corrected chi connectivity index (χ1v) is 9.87. The van der Waals surface area contributed by atoms with Crippen LogP contribution in [0, 0.1) is 5.92 Å². The van der Waals surface area contributed by atoms with Crippen molar-refractivity contribution >= 4 is 12.0 Å². The zero-order valence-corrected chi connectivity index (χ0v) is 16.0. The van der Waals surface area contributed by atoms with E-state index in [4.69, 9.17) is 5.11 Å². The van der Waals surface area contributed by atoms with Crippen LogP contribution >= 0.6 is 0 Å². The van der Waals surface area contributed by atoms with Gasteiger partial charge in [0.15, 0.2) is 0 Å². The zero-order valence-electron chi connectivity index (χ0n) is 16.0. The summed E-state index contributed by atoms with van der Waals surface area (Å²) in [5.74, 6) is -1.01. The van der Waals surface area contributed by atoms with E-state index in [1.54, 1.807) is 11.0 Å². The summed E-state index contributed by atoms with van der Waals surface area (Å²) in [4.78, 5) is 25.8. The van der Waals surface area contributed by atoms with Crippen LogP contribution in [0.15, 0.2) is 24.3 Å². The second-order valence-electron chi connectivity index (χ2n) is 7.72. The van der Waals surface area contributed by atoms with Crippen LogP contribution in [0.1, 0.15) is 50.0 Å². The van der Waals surface area contributed by atoms with Crippen molar-refractivity contribution in [2.45, 2.75) is 56.8 Å². The van der Waals surface area contributed by atoms with Crippen LogP contribution < -0.4 is 10.1 Å². The van der Waals surface area contributed by atoms with Gasteiger partial charge in [-0.2, -0.15) is 0 Å². The number of carbonyl (C=O) groups is 2. The summed E-state index contributed by atoms with van der Waals surface area (Å²) in [5, 5.41) is 11.3. The second kappa shape index (κ2) is 8.92. The molecule has 1 aromatic carbocycles. The summed E-state index contributed by atoms with van der Waals surface area (Å²) >= 11 is 0. The van der Waals surface area contributed by atoms with E-state index in [0.717, 1.165) is 32.1 Å². The van der Waals surface area contributed by atoms with Crippen LogP contribution in [0.3, 0.4) is 0 Å². The summed E-state index contributed by atoms with van der Waals surface area (Å²) < 4.78 is 41.9. The third-order valence-electron chi connectivity index (χ3n) is 5.67. The van der Waals surface area contributed by atoms with Gasteiger partial charge in [0, 0.05) is 13.1 Å². The average molecular weight is 414 g/mol. The lowest BCUT2D eigenvalue weighted by Gasteiger charge is -2.33. The molecule has 1 aromatic rings. The first kappa shape index (κ1) is 21.3. The lowest BCUT2D eigenvalue weighted by atomic mass is 9.76. The normalized spacial score (nSPS) is 21.6. The van der Waals surface area contributed by atoms with Crippen molar-refractivity contribution in [3.63, 3.8) is 0 Å². The van der Waals surface area contributed by atoms with Gasteiger partial charge in [0.05, 0.1) is 12.0 Å². The van der Waals surface area contributed by atoms with Gasteiger partial charge in [0.25, 0.3) is 0 Å². The predicted molar refractivity (Wildman–Crippen MR) is 98.6 cm³/mol. The maximum absolute atomic E-state index is 13.4. The van der Waals surface area contributed by atoms with Crippen LogP contribution in [0.2, 0.25) is 0 Å². The number of ether oxygens (including phenoxy) is 1. The molecular formula is C20H25F3N2O4. The number of nitrogens with one attached hydrogen (secondary N) is 1. The molecule has 1 saturated heterocycles. The molecule has 0 aromatic heterocycles. The van der Waals surface area contributed by atoms with Gasteiger partial charge >= 0.3 is 12.5 Å². The zero-order chi connectivity index (χ0) is 21.0. The molecule has 1 aliphatic heterocycles. The first-order chi connectivity index (χ1) is 13.7. The number of nitrogens with zero attached hydrogens (tertiary/aromatic N) is 1. The fourth-order valence-corrected chi connectivity index (χ4v) is 4.44. The number of benzene rings is 1. The first-order valence-electron chi connectivity index (χ1n) is 9.87. The molecule has 0 radical (unpaired) electrons. The van der Waals surface area contributed by atoms with Gasteiger partial charge < -0.3 is 20.1 Å². The van der Waals surface area contributed by atoms with E-state index in [1.165, 1.54) is 18.2 Å². The lowest BCUT2D eigenvalue weighted by Crippen LogP contribution is -2.40. The van der Waals surface area contributed by atoms with Crippen LogP contribution in [-0.2, 0) is 4.79 Å². The minimum absolute atomic E-state index is 0.0452. The third-order valence-corrected chi connectivity index (χ3v) is 5.67. The van der Waals surface area contributed by atoms with Crippen LogP contribution in [0.5, 0.6) is 5.75 Å². The summed E-state index contributed by atoms with van der Waals surface area (Å²) in [6.45, 7) is 0.693. The molecule has 2 fully saturated rings. The van der Waals surface area contributed by atoms with Crippen molar-refractivity contribution < 1.29 is 32.6 Å². The molecule has 2 N–H and O–H groups in total. The van der Waals surface area contributed by atoms with Gasteiger partial charge in [-0.25, -0.2) is 4.79 Å². The average Bonchev–Trinajstić information content (AvgIpc) is 3.09. The number of hydrogen-bond acceptors (Lipinski definition) is 3. The molecule has 6 nitrogen and oxygen atoms in total. The third kappa shape index (κ3) is 5.77. The standard InChI is InChI=1S/C20H25F3N2O4/c21-20(22,23)29-16-8-4-7-14(11-16)17(13-5-2-1-3-6-13)18(26)25-10-9-15(12-25)24-19(27)28/h4,7-8,11,13,15,17,24H,1-3,5-6,9-10,12H2,(H,27,28)/t15-,17?/m1/s1. The molecular weight excluding hydrogens is 389 g/mol. The van der Waals surface area contributed by atoms with E-state index in [2.05, 4.69) is 10.1 Å². The van der Waals surface area contributed by atoms with E-state index < -0.39 is 18.4 Å². The number of halogens is 3. The minimum Gasteiger partial charge on any atom is -0.465 e. The highest BCUT2D eigenvalue weighted by Gasteiger charge is 2.38. The van der Waals surface area contributed by atoms with E-state index in [9.17, 15) is 22.8 Å². The smallest absolute Gasteiger partial charge is 0.465 e. The molecule has 160 valence electrons. The Kier molecular flexibility index (Phi) is 6.54. The topological polar surface area (TPSA) is 78.9 Å². The Balaban J connectivity index is 1.83. The van der Waals surface area contributed by atoms with Gasteiger partial charge in [-0.15, -0.1) is 13.2 Å². The Bertz CT molecular complexity index is 735. The highest BCUT2D eigenvalue weighted by molar-refractivity contribution is 5.84. The maximum atomic E-state index is 13.4.